The Balaban J connectivity index is 1.67. The fourth-order valence-corrected chi connectivity index (χ4v) is 4.44. The molecule has 3 aromatic carbocycles. The van der Waals surface area contributed by atoms with Crippen molar-refractivity contribution < 1.29 is 9.59 Å². The molecule has 0 spiro atoms. The first-order valence-corrected chi connectivity index (χ1v) is 12.6. The largest absolute Gasteiger partial charge is 0.353 e. The number of likely N-dealkylation sites (N-methyl/N-ethyl adjacent to an activating group) is 1. The van der Waals surface area contributed by atoms with Crippen molar-refractivity contribution in [2.24, 2.45) is 11.5 Å². The van der Waals surface area contributed by atoms with Crippen LogP contribution in [0, 0.1) is 0 Å². The zero-order valence-electron chi connectivity index (χ0n) is 21.1. The van der Waals surface area contributed by atoms with Gasteiger partial charge in [-0.1, -0.05) is 91.0 Å². The van der Waals surface area contributed by atoms with Crippen LogP contribution in [0.15, 0.2) is 91.0 Å². The first-order valence-electron chi connectivity index (χ1n) is 12.6. The Kier molecular flexibility index (Phi) is 10.7. The molecule has 5 N–H and O–H groups in total. The predicted molar refractivity (Wildman–Crippen MR) is 145 cm³/mol. The van der Waals surface area contributed by atoms with Crippen LogP contribution in [-0.4, -0.2) is 48.9 Å². The summed E-state index contributed by atoms with van der Waals surface area (Å²) in [5.74, 6) is -0.419. The van der Waals surface area contributed by atoms with E-state index >= 15 is 0 Å². The van der Waals surface area contributed by atoms with Crippen molar-refractivity contribution in [1.82, 2.24) is 10.2 Å². The second-order valence-corrected chi connectivity index (χ2v) is 9.15. The molecular weight excluding hydrogens is 448 g/mol. The average molecular weight is 487 g/mol. The summed E-state index contributed by atoms with van der Waals surface area (Å²) in [6.45, 7) is 0.872. The maximum Gasteiger partial charge on any atom is 0.242 e. The highest BCUT2D eigenvalue weighted by atomic mass is 16.2. The monoisotopic (exact) mass is 486 g/mol. The zero-order valence-corrected chi connectivity index (χ0v) is 21.1. The summed E-state index contributed by atoms with van der Waals surface area (Å²) in [6, 6.07) is 28.9. The number of rotatable bonds is 13. The normalized spacial score (nSPS) is 12.7. The molecule has 3 aromatic rings. The number of carbonyl (C=O) groups excluding carboxylic acids is 2. The quantitative estimate of drug-likeness (QED) is 0.344. The average Bonchev–Trinajstić information content (AvgIpc) is 2.93. The third-order valence-corrected chi connectivity index (χ3v) is 6.59. The number of hydrogen-bond acceptors (Lipinski definition) is 4. The molecule has 0 aromatic heterocycles. The molecule has 2 amide bonds. The van der Waals surface area contributed by atoms with Crippen LogP contribution in [0.3, 0.4) is 0 Å². The van der Waals surface area contributed by atoms with E-state index in [0.717, 1.165) is 16.7 Å². The standard InChI is InChI=1S/C30H38N4O2/c1-34(30(36)27(32)20-19-23-12-5-2-6-13-23)28(18-11-21-31)29(35)33-22-26(24-14-7-3-8-15-24)25-16-9-4-10-17-25/h2-10,12-17,26-28H,11,18-22,31-32H2,1H3,(H,33,35)/t27-,28-/m0/s1. The van der Waals surface area contributed by atoms with Gasteiger partial charge in [-0.05, 0) is 48.9 Å². The van der Waals surface area contributed by atoms with Crippen molar-refractivity contribution in [3.63, 3.8) is 0 Å². The van der Waals surface area contributed by atoms with E-state index in [1.54, 1.807) is 7.05 Å². The minimum atomic E-state index is -0.676. The minimum Gasteiger partial charge on any atom is -0.353 e. The molecule has 0 aliphatic rings. The predicted octanol–water partition coefficient (Wildman–Crippen LogP) is 3.46. The van der Waals surface area contributed by atoms with Gasteiger partial charge in [0.2, 0.25) is 11.8 Å². The van der Waals surface area contributed by atoms with Gasteiger partial charge in [0.15, 0.2) is 0 Å². The molecule has 0 bridgehead atoms. The van der Waals surface area contributed by atoms with Crippen LogP contribution in [0.25, 0.3) is 0 Å². The van der Waals surface area contributed by atoms with Gasteiger partial charge in [0, 0.05) is 19.5 Å². The van der Waals surface area contributed by atoms with E-state index < -0.39 is 12.1 Å². The highest BCUT2D eigenvalue weighted by Crippen LogP contribution is 2.24. The number of nitrogens with one attached hydrogen (secondary N) is 1. The summed E-state index contributed by atoms with van der Waals surface area (Å²) in [7, 11) is 1.66. The van der Waals surface area contributed by atoms with Crippen LogP contribution >= 0.6 is 0 Å². The molecule has 6 heteroatoms. The molecule has 3 rings (SSSR count). The van der Waals surface area contributed by atoms with E-state index in [2.05, 4.69) is 29.6 Å². The molecule has 0 aliphatic carbocycles. The van der Waals surface area contributed by atoms with E-state index in [1.807, 2.05) is 66.7 Å². The topological polar surface area (TPSA) is 101 Å². The molecule has 6 nitrogen and oxygen atoms in total. The fourth-order valence-electron chi connectivity index (χ4n) is 4.44. The molecule has 190 valence electrons. The summed E-state index contributed by atoms with van der Waals surface area (Å²) in [4.78, 5) is 28.0. The van der Waals surface area contributed by atoms with Gasteiger partial charge in [0.05, 0.1) is 6.04 Å². The van der Waals surface area contributed by atoms with Crippen molar-refractivity contribution in [2.75, 3.05) is 20.1 Å². The molecule has 0 unspecified atom stereocenters. The lowest BCUT2D eigenvalue weighted by Gasteiger charge is -2.30. The number of carbonyl (C=O) groups is 2. The molecule has 0 saturated carbocycles. The molecule has 0 saturated heterocycles. The summed E-state index contributed by atoms with van der Waals surface area (Å²) >= 11 is 0. The van der Waals surface area contributed by atoms with E-state index in [4.69, 9.17) is 11.5 Å². The lowest BCUT2D eigenvalue weighted by molar-refractivity contribution is -0.140. The number of nitrogens with zero attached hydrogens (tertiary/aromatic N) is 1. The van der Waals surface area contributed by atoms with Crippen LogP contribution in [-0.2, 0) is 16.0 Å². The number of hydrogen-bond donors (Lipinski definition) is 3. The summed E-state index contributed by atoms with van der Waals surface area (Å²) < 4.78 is 0. The number of benzene rings is 3. The van der Waals surface area contributed by atoms with E-state index in [9.17, 15) is 9.59 Å². The van der Waals surface area contributed by atoms with Gasteiger partial charge in [-0.2, -0.15) is 0 Å². The second kappa shape index (κ2) is 14.2. The Bertz CT molecular complexity index is 1020. The Morgan fingerprint density at radius 2 is 1.36 bits per heavy atom. The second-order valence-electron chi connectivity index (χ2n) is 9.15. The lowest BCUT2D eigenvalue weighted by atomic mass is 9.91. The first-order chi connectivity index (χ1) is 17.5. The Morgan fingerprint density at radius 3 is 1.89 bits per heavy atom. The fraction of sp³-hybridized carbons (Fsp3) is 0.333. The van der Waals surface area contributed by atoms with Gasteiger partial charge < -0.3 is 21.7 Å². The van der Waals surface area contributed by atoms with Gasteiger partial charge in [-0.15, -0.1) is 0 Å². The van der Waals surface area contributed by atoms with Gasteiger partial charge in [0.1, 0.15) is 6.04 Å². The Hall–Kier alpha value is -3.48. The molecule has 36 heavy (non-hydrogen) atoms. The van der Waals surface area contributed by atoms with Crippen molar-refractivity contribution in [3.05, 3.63) is 108 Å². The third-order valence-electron chi connectivity index (χ3n) is 6.59. The van der Waals surface area contributed by atoms with Crippen LogP contribution in [0.2, 0.25) is 0 Å². The molecule has 0 heterocycles. The van der Waals surface area contributed by atoms with Crippen molar-refractivity contribution >= 4 is 11.8 Å². The Morgan fingerprint density at radius 1 is 0.833 bits per heavy atom. The van der Waals surface area contributed by atoms with Crippen LogP contribution in [0.5, 0.6) is 0 Å². The highest BCUT2D eigenvalue weighted by molar-refractivity contribution is 5.89. The van der Waals surface area contributed by atoms with E-state index in [0.29, 0.717) is 38.8 Å². The lowest BCUT2D eigenvalue weighted by Crippen LogP contribution is -2.53. The van der Waals surface area contributed by atoms with Gasteiger partial charge in [-0.3, -0.25) is 9.59 Å². The van der Waals surface area contributed by atoms with Crippen molar-refractivity contribution in [3.8, 4) is 0 Å². The minimum absolute atomic E-state index is 0.000598. The van der Waals surface area contributed by atoms with Gasteiger partial charge in [0.25, 0.3) is 0 Å². The zero-order chi connectivity index (χ0) is 25.8. The van der Waals surface area contributed by atoms with Crippen molar-refractivity contribution in [2.45, 2.75) is 43.7 Å². The molecule has 0 fully saturated rings. The summed E-state index contributed by atoms with van der Waals surface area (Å²) in [5, 5.41) is 3.11. The van der Waals surface area contributed by atoms with Crippen LogP contribution in [0.1, 0.15) is 41.9 Å². The van der Waals surface area contributed by atoms with Gasteiger partial charge >= 0.3 is 0 Å². The number of amides is 2. The summed E-state index contributed by atoms with van der Waals surface area (Å²) in [5.41, 5.74) is 15.4. The maximum absolute atomic E-state index is 13.4. The van der Waals surface area contributed by atoms with E-state index in [1.165, 1.54) is 4.90 Å². The number of aryl methyl sites for hydroxylation is 1. The molecule has 0 aliphatic heterocycles. The smallest absolute Gasteiger partial charge is 0.242 e. The first kappa shape index (κ1) is 27.1. The van der Waals surface area contributed by atoms with Crippen molar-refractivity contribution in [1.29, 1.82) is 0 Å². The van der Waals surface area contributed by atoms with Crippen LogP contribution < -0.4 is 16.8 Å². The van der Waals surface area contributed by atoms with Crippen LogP contribution in [0.4, 0.5) is 0 Å². The maximum atomic E-state index is 13.4. The van der Waals surface area contributed by atoms with E-state index in [-0.39, 0.29) is 17.7 Å². The molecule has 2 atom stereocenters. The molecule has 0 radical (unpaired) electrons. The Labute approximate surface area is 214 Å². The number of nitrogens with two attached hydrogens (primary N) is 2. The molecular formula is C30H38N4O2. The highest BCUT2D eigenvalue weighted by Gasteiger charge is 2.30. The third kappa shape index (κ3) is 7.77. The summed E-state index contributed by atoms with van der Waals surface area (Å²) in [6.07, 6.45) is 2.34. The van der Waals surface area contributed by atoms with Gasteiger partial charge in [-0.25, -0.2) is 0 Å². The SMILES string of the molecule is CN(C(=O)[C@@H](N)CCc1ccccc1)[C@@H](CCCN)C(=O)NCC(c1ccccc1)c1ccccc1.